The van der Waals surface area contributed by atoms with E-state index >= 15 is 0 Å². The monoisotopic (exact) mass is 342 g/mol. The van der Waals surface area contributed by atoms with Crippen LogP contribution >= 0.6 is 11.6 Å². The van der Waals surface area contributed by atoms with E-state index in [0.717, 1.165) is 5.76 Å². The second-order valence-electron chi connectivity index (χ2n) is 4.86. The number of amides is 1. The Morgan fingerprint density at radius 2 is 2.00 bits per heavy atom. The van der Waals surface area contributed by atoms with Crippen molar-refractivity contribution in [2.75, 3.05) is 7.05 Å². The third kappa shape index (κ3) is 3.68. The number of furan rings is 1. The first-order valence-corrected chi connectivity index (χ1v) is 8.24. The zero-order valence-corrected chi connectivity index (χ0v) is 13.6. The van der Waals surface area contributed by atoms with Crippen molar-refractivity contribution in [3.63, 3.8) is 0 Å². The van der Waals surface area contributed by atoms with Crippen LogP contribution in [0.4, 0.5) is 0 Å². The molecule has 0 bridgehead atoms. The molecule has 1 aromatic carbocycles. The number of primary sulfonamides is 1. The predicted octanol–water partition coefficient (Wildman–Crippen LogP) is 2.16. The molecule has 1 heterocycles. The summed E-state index contributed by atoms with van der Waals surface area (Å²) in [6.07, 6.45) is 0. The number of carbonyl (C=O) groups is 1. The first-order valence-electron chi connectivity index (χ1n) is 6.31. The van der Waals surface area contributed by atoms with Gasteiger partial charge in [0.25, 0.3) is 5.91 Å². The molecule has 0 atom stereocenters. The van der Waals surface area contributed by atoms with Crippen LogP contribution in [0.2, 0.25) is 5.02 Å². The third-order valence-electron chi connectivity index (χ3n) is 3.02. The van der Waals surface area contributed by atoms with Gasteiger partial charge >= 0.3 is 0 Å². The summed E-state index contributed by atoms with van der Waals surface area (Å²) in [5, 5.41) is 5.05. The van der Waals surface area contributed by atoms with E-state index in [1.165, 1.54) is 23.1 Å². The number of nitrogens with two attached hydrogens (primary N) is 1. The molecule has 0 fully saturated rings. The van der Waals surface area contributed by atoms with Crippen LogP contribution in [-0.2, 0) is 16.6 Å². The van der Waals surface area contributed by atoms with Gasteiger partial charge in [0.2, 0.25) is 10.0 Å². The summed E-state index contributed by atoms with van der Waals surface area (Å²) < 4.78 is 28.3. The van der Waals surface area contributed by atoms with Crippen molar-refractivity contribution >= 4 is 27.5 Å². The van der Waals surface area contributed by atoms with Gasteiger partial charge in [0.1, 0.15) is 16.4 Å². The fraction of sp³-hybridized carbons (Fsp3) is 0.214. The fourth-order valence-corrected chi connectivity index (χ4v) is 3.02. The highest BCUT2D eigenvalue weighted by molar-refractivity contribution is 7.89. The van der Waals surface area contributed by atoms with E-state index in [2.05, 4.69) is 0 Å². The smallest absolute Gasteiger partial charge is 0.254 e. The zero-order chi connectivity index (χ0) is 16.5. The number of rotatable bonds is 4. The van der Waals surface area contributed by atoms with Crippen LogP contribution < -0.4 is 5.14 Å². The summed E-state index contributed by atoms with van der Waals surface area (Å²) in [5.41, 5.74) is 0.180. The third-order valence-corrected chi connectivity index (χ3v) is 4.41. The van der Waals surface area contributed by atoms with Gasteiger partial charge in [0.05, 0.1) is 11.6 Å². The molecule has 2 N–H and O–H groups in total. The molecule has 0 aliphatic carbocycles. The van der Waals surface area contributed by atoms with E-state index in [9.17, 15) is 13.2 Å². The quantitative estimate of drug-likeness (QED) is 0.921. The molecule has 1 aromatic heterocycles. The number of halogens is 1. The van der Waals surface area contributed by atoms with E-state index in [-0.39, 0.29) is 27.9 Å². The summed E-state index contributed by atoms with van der Waals surface area (Å²) in [5.74, 6) is 1.02. The average Bonchev–Trinajstić information content (AvgIpc) is 2.82. The SMILES string of the molecule is Cc1ccc(CN(C)C(=O)c2ccc(Cl)c(S(N)(=O)=O)c2)o1. The highest BCUT2D eigenvalue weighted by atomic mass is 35.5. The second-order valence-corrected chi connectivity index (χ2v) is 6.80. The minimum absolute atomic E-state index is 0.0247. The van der Waals surface area contributed by atoms with Crippen LogP contribution in [0.25, 0.3) is 0 Å². The lowest BCUT2D eigenvalue weighted by atomic mass is 10.2. The number of nitrogens with zero attached hydrogens (tertiary/aromatic N) is 1. The molecule has 0 aliphatic rings. The van der Waals surface area contributed by atoms with Crippen LogP contribution in [0.5, 0.6) is 0 Å². The molecule has 0 spiro atoms. The van der Waals surface area contributed by atoms with E-state index < -0.39 is 10.0 Å². The molecular formula is C14H15ClN2O4S. The Balaban J connectivity index is 2.25. The van der Waals surface area contributed by atoms with Gasteiger partial charge < -0.3 is 9.32 Å². The number of aryl methyl sites for hydroxylation is 1. The summed E-state index contributed by atoms with van der Waals surface area (Å²) >= 11 is 5.80. The number of benzene rings is 1. The molecule has 0 radical (unpaired) electrons. The lowest BCUT2D eigenvalue weighted by Crippen LogP contribution is -2.26. The maximum absolute atomic E-state index is 12.4. The Bertz CT molecular complexity index is 814. The molecule has 0 aliphatic heterocycles. The number of hydrogen-bond acceptors (Lipinski definition) is 4. The Morgan fingerprint density at radius 3 is 2.55 bits per heavy atom. The van der Waals surface area contributed by atoms with E-state index in [0.29, 0.717) is 5.76 Å². The molecule has 22 heavy (non-hydrogen) atoms. The van der Waals surface area contributed by atoms with E-state index in [4.69, 9.17) is 21.2 Å². The molecular weight excluding hydrogens is 328 g/mol. The van der Waals surface area contributed by atoms with Gasteiger partial charge in [-0.25, -0.2) is 13.6 Å². The maximum atomic E-state index is 12.4. The molecule has 8 heteroatoms. The standard InChI is InChI=1S/C14H15ClN2O4S/c1-9-3-5-11(21-9)8-17(2)14(18)10-4-6-12(15)13(7-10)22(16,19)20/h3-7H,8H2,1-2H3,(H2,16,19,20). The van der Waals surface area contributed by atoms with Crippen molar-refractivity contribution < 1.29 is 17.6 Å². The normalized spacial score (nSPS) is 11.5. The van der Waals surface area contributed by atoms with Crippen LogP contribution in [0.1, 0.15) is 21.9 Å². The predicted molar refractivity (Wildman–Crippen MR) is 82.1 cm³/mol. The number of hydrogen-bond donors (Lipinski definition) is 1. The van der Waals surface area contributed by atoms with Crippen molar-refractivity contribution in [1.82, 2.24) is 4.90 Å². The van der Waals surface area contributed by atoms with Crippen LogP contribution in [0, 0.1) is 6.92 Å². The second kappa shape index (κ2) is 6.12. The molecule has 2 rings (SSSR count). The van der Waals surface area contributed by atoms with Crippen molar-refractivity contribution in [3.8, 4) is 0 Å². The van der Waals surface area contributed by atoms with Gasteiger partial charge in [0.15, 0.2) is 0 Å². The van der Waals surface area contributed by atoms with Crippen LogP contribution in [-0.4, -0.2) is 26.3 Å². The van der Waals surface area contributed by atoms with Crippen molar-refractivity contribution in [3.05, 3.63) is 52.4 Å². The first-order chi connectivity index (χ1) is 10.2. The maximum Gasteiger partial charge on any atom is 0.254 e. The minimum Gasteiger partial charge on any atom is -0.464 e. The van der Waals surface area contributed by atoms with Crippen LogP contribution in [0.3, 0.4) is 0 Å². The van der Waals surface area contributed by atoms with E-state index in [1.54, 1.807) is 19.2 Å². The first kappa shape index (κ1) is 16.5. The van der Waals surface area contributed by atoms with Gasteiger partial charge in [-0.1, -0.05) is 11.6 Å². The summed E-state index contributed by atoms with van der Waals surface area (Å²) in [6.45, 7) is 2.07. The summed E-state index contributed by atoms with van der Waals surface area (Å²) in [7, 11) is -2.40. The van der Waals surface area contributed by atoms with Gasteiger partial charge in [-0.3, -0.25) is 4.79 Å². The highest BCUT2D eigenvalue weighted by Crippen LogP contribution is 2.22. The number of carbonyl (C=O) groups excluding carboxylic acids is 1. The van der Waals surface area contributed by atoms with E-state index in [1.807, 2.05) is 6.92 Å². The Labute approximate surface area is 133 Å². The van der Waals surface area contributed by atoms with Gasteiger partial charge in [-0.05, 0) is 37.3 Å². The van der Waals surface area contributed by atoms with Crippen molar-refractivity contribution in [2.45, 2.75) is 18.4 Å². The Kier molecular flexibility index (Phi) is 4.60. The van der Waals surface area contributed by atoms with Crippen molar-refractivity contribution in [1.29, 1.82) is 0 Å². The molecule has 1 amide bonds. The van der Waals surface area contributed by atoms with Gasteiger partial charge in [-0.2, -0.15) is 0 Å². The Hall–Kier alpha value is -1.83. The number of sulfonamides is 1. The zero-order valence-electron chi connectivity index (χ0n) is 12.0. The molecule has 0 saturated carbocycles. The topological polar surface area (TPSA) is 93.6 Å². The largest absolute Gasteiger partial charge is 0.464 e. The van der Waals surface area contributed by atoms with Crippen molar-refractivity contribution in [2.24, 2.45) is 5.14 Å². The molecule has 0 unspecified atom stereocenters. The summed E-state index contributed by atoms with van der Waals surface area (Å²) in [6, 6.07) is 7.53. The Morgan fingerprint density at radius 1 is 1.32 bits per heavy atom. The highest BCUT2D eigenvalue weighted by Gasteiger charge is 2.19. The molecule has 0 saturated heterocycles. The minimum atomic E-state index is -3.99. The fourth-order valence-electron chi connectivity index (χ4n) is 1.95. The molecule has 2 aromatic rings. The van der Waals surface area contributed by atoms with Crippen LogP contribution in [0.15, 0.2) is 39.6 Å². The van der Waals surface area contributed by atoms with Gasteiger partial charge in [-0.15, -0.1) is 0 Å². The lowest BCUT2D eigenvalue weighted by molar-refractivity contribution is 0.0774. The molecule has 6 nitrogen and oxygen atoms in total. The lowest BCUT2D eigenvalue weighted by Gasteiger charge is -2.16. The average molecular weight is 343 g/mol. The van der Waals surface area contributed by atoms with Gasteiger partial charge in [0, 0.05) is 12.6 Å². The summed E-state index contributed by atoms with van der Waals surface area (Å²) in [4.78, 5) is 13.5. The molecule has 118 valence electrons.